The average molecular weight is 291 g/mol. The van der Waals surface area contributed by atoms with Crippen molar-refractivity contribution in [2.75, 3.05) is 28.7 Å². The van der Waals surface area contributed by atoms with Gasteiger partial charge < -0.3 is 10.2 Å². The molecule has 0 atom stereocenters. The summed E-state index contributed by atoms with van der Waals surface area (Å²) in [6, 6.07) is 1.93. The molecular weight excluding hydrogens is 270 g/mol. The predicted octanol–water partition coefficient (Wildman–Crippen LogP) is 0.349. The number of nitrogens with one attached hydrogen (secondary N) is 2. The van der Waals surface area contributed by atoms with Crippen LogP contribution in [0.2, 0.25) is 0 Å². The number of nitrogen functional groups attached to an aromatic ring is 1. The van der Waals surface area contributed by atoms with E-state index < -0.39 is 0 Å². The molecule has 0 unspecified atom stereocenters. The van der Waals surface area contributed by atoms with Crippen molar-refractivity contribution >= 4 is 17.8 Å². The van der Waals surface area contributed by atoms with Gasteiger partial charge in [-0.15, -0.1) is 0 Å². The van der Waals surface area contributed by atoms with Gasteiger partial charge >= 0.3 is 0 Å². The number of aryl methyl sites for hydroxylation is 1. The van der Waals surface area contributed by atoms with E-state index in [2.05, 4.69) is 30.8 Å². The number of rotatable bonds is 7. The first-order valence-corrected chi connectivity index (χ1v) is 6.86. The lowest BCUT2D eigenvalue weighted by Gasteiger charge is -2.19. The summed E-state index contributed by atoms with van der Waals surface area (Å²) in [6.07, 6.45) is 1.75. The van der Waals surface area contributed by atoms with Gasteiger partial charge in [0.25, 0.3) is 0 Å². The minimum Gasteiger partial charge on any atom is -0.348 e. The molecule has 0 saturated carbocycles. The van der Waals surface area contributed by atoms with E-state index >= 15 is 0 Å². The van der Waals surface area contributed by atoms with Crippen molar-refractivity contribution in [3.63, 3.8) is 0 Å². The third-order valence-electron chi connectivity index (χ3n) is 3.15. The molecule has 0 spiro atoms. The van der Waals surface area contributed by atoms with E-state index in [4.69, 9.17) is 5.84 Å². The van der Waals surface area contributed by atoms with Crippen LogP contribution in [0, 0.1) is 0 Å². The molecule has 0 fully saturated rings. The van der Waals surface area contributed by atoms with Crippen LogP contribution >= 0.6 is 0 Å². The number of aromatic nitrogens is 5. The maximum atomic E-state index is 5.42. The second kappa shape index (κ2) is 6.84. The van der Waals surface area contributed by atoms with Crippen LogP contribution in [-0.2, 0) is 13.6 Å². The Balaban J connectivity index is 2.18. The Morgan fingerprint density at radius 1 is 1.19 bits per heavy atom. The van der Waals surface area contributed by atoms with Crippen LogP contribution in [-0.4, -0.2) is 37.8 Å². The normalized spacial score (nSPS) is 10.5. The van der Waals surface area contributed by atoms with E-state index in [1.54, 1.807) is 10.9 Å². The Labute approximate surface area is 123 Å². The number of nitrogens with two attached hydrogens (primary N) is 1. The standard InChI is InChI=1S/C12H21N9/c1-4-21(5-2)12-17-10(16-11(18-12)19-13)14-8-9-6-7-15-20(9)3/h6-7H,4-5,8,13H2,1-3H3,(H2,14,16,17,18,19). The molecule has 2 aromatic heterocycles. The van der Waals surface area contributed by atoms with Crippen molar-refractivity contribution in [1.82, 2.24) is 24.7 Å². The first-order chi connectivity index (χ1) is 10.2. The highest BCUT2D eigenvalue weighted by atomic mass is 15.4. The molecule has 9 heteroatoms. The van der Waals surface area contributed by atoms with Gasteiger partial charge in [-0.05, 0) is 19.9 Å². The van der Waals surface area contributed by atoms with E-state index in [9.17, 15) is 0 Å². The van der Waals surface area contributed by atoms with Crippen LogP contribution < -0.4 is 21.5 Å². The van der Waals surface area contributed by atoms with Gasteiger partial charge in [-0.2, -0.15) is 20.1 Å². The molecule has 0 aliphatic rings. The third-order valence-corrected chi connectivity index (χ3v) is 3.15. The molecule has 0 amide bonds. The van der Waals surface area contributed by atoms with Gasteiger partial charge in [-0.25, -0.2) is 5.84 Å². The second-order valence-electron chi connectivity index (χ2n) is 4.40. The summed E-state index contributed by atoms with van der Waals surface area (Å²) in [5.74, 6) is 6.82. The van der Waals surface area contributed by atoms with Crippen LogP contribution in [0.15, 0.2) is 12.3 Å². The molecular formula is C12H21N9. The fourth-order valence-corrected chi connectivity index (χ4v) is 1.90. The Morgan fingerprint density at radius 3 is 2.48 bits per heavy atom. The van der Waals surface area contributed by atoms with Gasteiger partial charge in [0.05, 0.1) is 12.2 Å². The molecule has 0 radical (unpaired) electrons. The van der Waals surface area contributed by atoms with Crippen molar-refractivity contribution < 1.29 is 0 Å². The lowest BCUT2D eigenvalue weighted by Crippen LogP contribution is -2.26. The zero-order valence-corrected chi connectivity index (χ0v) is 12.5. The van der Waals surface area contributed by atoms with Gasteiger partial charge in [-0.3, -0.25) is 10.1 Å². The molecule has 4 N–H and O–H groups in total. The van der Waals surface area contributed by atoms with Crippen molar-refractivity contribution in [3.8, 4) is 0 Å². The SMILES string of the molecule is CCN(CC)c1nc(NN)nc(NCc2ccnn2C)n1. The Hall–Kier alpha value is -2.42. The molecule has 0 bridgehead atoms. The summed E-state index contributed by atoms with van der Waals surface area (Å²) in [7, 11) is 1.89. The molecule has 2 heterocycles. The summed E-state index contributed by atoms with van der Waals surface area (Å²) < 4.78 is 1.79. The molecule has 9 nitrogen and oxygen atoms in total. The topological polar surface area (TPSA) is 110 Å². The lowest BCUT2D eigenvalue weighted by atomic mass is 10.4. The quantitative estimate of drug-likeness (QED) is 0.495. The number of anilines is 3. The molecule has 0 aliphatic heterocycles. The molecule has 21 heavy (non-hydrogen) atoms. The van der Waals surface area contributed by atoms with Crippen molar-refractivity contribution in [2.45, 2.75) is 20.4 Å². The monoisotopic (exact) mass is 291 g/mol. The highest BCUT2D eigenvalue weighted by Gasteiger charge is 2.11. The zero-order valence-electron chi connectivity index (χ0n) is 12.5. The van der Waals surface area contributed by atoms with Crippen LogP contribution in [0.5, 0.6) is 0 Å². The Kier molecular flexibility index (Phi) is 4.88. The fraction of sp³-hybridized carbons (Fsp3) is 0.500. The fourth-order valence-electron chi connectivity index (χ4n) is 1.90. The van der Waals surface area contributed by atoms with Crippen molar-refractivity contribution in [2.24, 2.45) is 12.9 Å². The number of hydrogen-bond acceptors (Lipinski definition) is 8. The average Bonchev–Trinajstić information content (AvgIpc) is 2.91. The van der Waals surface area contributed by atoms with Gasteiger partial charge in [0.1, 0.15) is 0 Å². The van der Waals surface area contributed by atoms with Crippen molar-refractivity contribution in [1.29, 1.82) is 0 Å². The maximum Gasteiger partial charge on any atom is 0.243 e. The first-order valence-electron chi connectivity index (χ1n) is 6.86. The lowest BCUT2D eigenvalue weighted by molar-refractivity contribution is 0.718. The minimum absolute atomic E-state index is 0.333. The van der Waals surface area contributed by atoms with Gasteiger partial charge in [0.2, 0.25) is 17.8 Å². The molecule has 0 saturated heterocycles. The Morgan fingerprint density at radius 2 is 1.90 bits per heavy atom. The maximum absolute atomic E-state index is 5.42. The molecule has 114 valence electrons. The summed E-state index contributed by atoms with van der Waals surface area (Å²) in [5, 5.41) is 7.28. The summed E-state index contributed by atoms with van der Waals surface area (Å²) in [4.78, 5) is 14.9. The van der Waals surface area contributed by atoms with Crippen LogP contribution in [0.4, 0.5) is 17.8 Å². The Bertz CT molecular complexity index is 576. The third kappa shape index (κ3) is 3.57. The van der Waals surface area contributed by atoms with Crippen LogP contribution in [0.25, 0.3) is 0 Å². The highest BCUT2D eigenvalue weighted by Crippen LogP contribution is 2.13. The highest BCUT2D eigenvalue weighted by molar-refractivity contribution is 5.43. The van der Waals surface area contributed by atoms with E-state index in [1.165, 1.54) is 0 Å². The molecule has 2 aromatic rings. The van der Waals surface area contributed by atoms with E-state index in [1.807, 2.05) is 31.9 Å². The van der Waals surface area contributed by atoms with Gasteiger partial charge in [0.15, 0.2) is 0 Å². The smallest absolute Gasteiger partial charge is 0.243 e. The van der Waals surface area contributed by atoms with Gasteiger partial charge in [0, 0.05) is 26.3 Å². The number of nitrogens with zero attached hydrogens (tertiary/aromatic N) is 6. The summed E-state index contributed by atoms with van der Waals surface area (Å²) in [5.41, 5.74) is 3.50. The number of hydrogen-bond donors (Lipinski definition) is 3. The molecule has 0 aliphatic carbocycles. The summed E-state index contributed by atoms with van der Waals surface area (Å²) in [6.45, 7) is 6.29. The zero-order chi connectivity index (χ0) is 15.2. The van der Waals surface area contributed by atoms with Crippen molar-refractivity contribution in [3.05, 3.63) is 18.0 Å². The first kappa shape index (κ1) is 15.0. The van der Waals surface area contributed by atoms with Crippen LogP contribution in [0.3, 0.4) is 0 Å². The largest absolute Gasteiger partial charge is 0.348 e. The molecule has 2 rings (SSSR count). The predicted molar refractivity (Wildman–Crippen MR) is 81.7 cm³/mol. The van der Waals surface area contributed by atoms with E-state index in [0.717, 1.165) is 18.8 Å². The number of hydrazine groups is 1. The second-order valence-corrected chi connectivity index (χ2v) is 4.40. The minimum atomic E-state index is 0.333. The van der Waals surface area contributed by atoms with Crippen LogP contribution in [0.1, 0.15) is 19.5 Å². The molecule has 0 aromatic carbocycles. The van der Waals surface area contributed by atoms with E-state index in [-0.39, 0.29) is 0 Å². The van der Waals surface area contributed by atoms with E-state index in [0.29, 0.717) is 24.4 Å². The van der Waals surface area contributed by atoms with Gasteiger partial charge in [-0.1, -0.05) is 0 Å². The summed E-state index contributed by atoms with van der Waals surface area (Å²) >= 11 is 0.